The van der Waals surface area contributed by atoms with E-state index in [4.69, 9.17) is 23.8 Å². The van der Waals surface area contributed by atoms with Gasteiger partial charge in [-0.05, 0) is 48.1 Å². The van der Waals surface area contributed by atoms with Crippen LogP contribution in [0.3, 0.4) is 0 Å². The fraction of sp³-hybridized carbons (Fsp3) is 0. The van der Waals surface area contributed by atoms with Crippen LogP contribution >= 0.6 is 23.8 Å². The van der Waals surface area contributed by atoms with E-state index in [2.05, 4.69) is 10.6 Å². The maximum Gasteiger partial charge on any atom is 0.270 e. The average molecular weight is 362 g/mol. The Kier molecular flexibility index (Phi) is 6.00. The molecule has 0 saturated carbocycles. The zero-order valence-corrected chi connectivity index (χ0v) is 13.8. The van der Waals surface area contributed by atoms with E-state index in [0.29, 0.717) is 16.3 Å². The molecule has 6 nitrogen and oxygen atoms in total. The van der Waals surface area contributed by atoms with E-state index in [-0.39, 0.29) is 10.8 Å². The molecule has 0 saturated heterocycles. The zero-order valence-electron chi connectivity index (χ0n) is 12.2. The van der Waals surface area contributed by atoms with E-state index in [1.54, 1.807) is 36.4 Å². The predicted octanol–water partition coefficient (Wildman–Crippen LogP) is 3.77. The monoisotopic (exact) mass is 361 g/mol. The molecule has 0 aromatic heterocycles. The Hall–Kier alpha value is -2.77. The first-order valence-corrected chi connectivity index (χ1v) is 7.53. The van der Waals surface area contributed by atoms with Crippen LogP contribution in [0.2, 0.25) is 5.02 Å². The Bertz CT molecular complexity index is 806. The van der Waals surface area contributed by atoms with Gasteiger partial charge in [0.15, 0.2) is 5.11 Å². The number of rotatable bonds is 4. The second kappa shape index (κ2) is 8.19. The minimum Gasteiger partial charge on any atom is -0.332 e. The molecule has 0 aliphatic rings. The number of thiocarbonyl (C=S) groups is 1. The lowest BCUT2D eigenvalue weighted by Gasteiger charge is -2.07. The standard InChI is InChI=1S/C16H12ClN3O3S/c17-12-5-7-13(8-6-12)18-16(24)19-15(21)9-4-11-2-1-3-14(10-11)20(22)23/h1-10H,(H2,18,19,21,24)/b9-4+. The van der Waals surface area contributed by atoms with Crippen LogP contribution in [0.25, 0.3) is 6.08 Å². The lowest BCUT2D eigenvalue weighted by Crippen LogP contribution is -2.32. The summed E-state index contributed by atoms with van der Waals surface area (Å²) in [5.41, 5.74) is 1.18. The zero-order chi connectivity index (χ0) is 17.5. The smallest absolute Gasteiger partial charge is 0.270 e. The number of halogens is 1. The summed E-state index contributed by atoms with van der Waals surface area (Å²) in [5.74, 6) is -0.451. The molecule has 0 spiro atoms. The van der Waals surface area contributed by atoms with Crippen molar-refractivity contribution in [2.45, 2.75) is 0 Å². The number of hydrogen-bond acceptors (Lipinski definition) is 4. The summed E-state index contributed by atoms with van der Waals surface area (Å²) in [6, 6.07) is 12.8. The largest absolute Gasteiger partial charge is 0.332 e. The Balaban J connectivity index is 1.92. The molecule has 0 heterocycles. The molecule has 0 aliphatic heterocycles. The van der Waals surface area contributed by atoms with Crippen molar-refractivity contribution in [3.05, 3.63) is 75.3 Å². The highest BCUT2D eigenvalue weighted by Crippen LogP contribution is 2.14. The van der Waals surface area contributed by atoms with Crippen molar-refractivity contribution in [3.8, 4) is 0 Å². The molecular formula is C16H12ClN3O3S. The Morgan fingerprint density at radius 1 is 1.21 bits per heavy atom. The number of hydrogen-bond donors (Lipinski definition) is 2. The molecule has 24 heavy (non-hydrogen) atoms. The van der Waals surface area contributed by atoms with Crippen molar-refractivity contribution in [2.24, 2.45) is 0 Å². The highest BCUT2D eigenvalue weighted by Gasteiger charge is 2.05. The van der Waals surface area contributed by atoms with Crippen molar-refractivity contribution in [1.82, 2.24) is 5.32 Å². The van der Waals surface area contributed by atoms with Gasteiger partial charge in [-0.3, -0.25) is 20.2 Å². The second-order valence-corrected chi connectivity index (χ2v) is 5.48. The van der Waals surface area contributed by atoms with Gasteiger partial charge < -0.3 is 5.32 Å². The summed E-state index contributed by atoms with van der Waals surface area (Å²) in [6.45, 7) is 0. The molecule has 0 fully saturated rings. The molecule has 2 rings (SSSR count). The van der Waals surface area contributed by atoms with Crippen molar-refractivity contribution in [1.29, 1.82) is 0 Å². The summed E-state index contributed by atoms with van der Waals surface area (Å²) >= 11 is 10.8. The number of benzene rings is 2. The van der Waals surface area contributed by atoms with Gasteiger partial charge in [0.25, 0.3) is 5.69 Å². The van der Waals surface area contributed by atoms with Crippen molar-refractivity contribution < 1.29 is 9.72 Å². The summed E-state index contributed by atoms with van der Waals surface area (Å²) in [4.78, 5) is 22.0. The van der Waals surface area contributed by atoms with Crippen LogP contribution in [0.5, 0.6) is 0 Å². The van der Waals surface area contributed by atoms with Gasteiger partial charge in [-0.1, -0.05) is 23.7 Å². The number of amides is 1. The van der Waals surface area contributed by atoms with Crippen LogP contribution < -0.4 is 10.6 Å². The molecule has 0 unspecified atom stereocenters. The highest BCUT2D eigenvalue weighted by atomic mass is 35.5. The molecule has 122 valence electrons. The first-order valence-electron chi connectivity index (χ1n) is 6.74. The second-order valence-electron chi connectivity index (χ2n) is 4.64. The summed E-state index contributed by atoms with van der Waals surface area (Å²) in [7, 11) is 0. The lowest BCUT2D eigenvalue weighted by molar-refractivity contribution is -0.384. The minimum absolute atomic E-state index is 0.0440. The van der Waals surface area contributed by atoms with E-state index in [1.165, 1.54) is 24.3 Å². The first-order chi connectivity index (χ1) is 11.4. The molecule has 8 heteroatoms. The SMILES string of the molecule is O=C(/C=C/c1cccc([N+](=O)[O-])c1)NC(=S)Nc1ccc(Cl)cc1. The van der Waals surface area contributed by atoms with E-state index in [1.807, 2.05) is 0 Å². The Morgan fingerprint density at radius 3 is 2.58 bits per heavy atom. The minimum atomic E-state index is -0.497. The topological polar surface area (TPSA) is 84.3 Å². The van der Waals surface area contributed by atoms with Crippen molar-refractivity contribution in [3.63, 3.8) is 0 Å². The van der Waals surface area contributed by atoms with Crippen LogP contribution in [0.1, 0.15) is 5.56 Å². The molecule has 0 atom stereocenters. The van der Waals surface area contributed by atoms with Crippen molar-refractivity contribution >= 4 is 52.3 Å². The number of nitro benzene ring substituents is 1. The highest BCUT2D eigenvalue weighted by molar-refractivity contribution is 7.80. The van der Waals surface area contributed by atoms with Crippen LogP contribution in [0.4, 0.5) is 11.4 Å². The molecule has 2 aromatic carbocycles. The normalized spacial score (nSPS) is 10.4. The van der Waals surface area contributed by atoms with Crippen molar-refractivity contribution in [2.75, 3.05) is 5.32 Å². The maximum absolute atomic E-state index is 11.8. The van der Waals surface area contributed by atoms with Gasteiger partial charge in [0.1, 0.15) is 0 Å². The quantitative estimate of drug-likeness (QED) is 0.375. The maximum atomic E-state index is 11.8. The van der Waals surface area contributed by atoms with Crippen LogP contribution in [-0.2, 0) is 4.79 Å². The van der Waals surface area contributed by atoms with Gasteiger partial charge in [-0.25, -0.2) is 0 Å². The Morgan fingerprint density at radius 2 is 1.92 bits per heavy atom. The van der Waals surface area contributed by atoms with Gasteiger partial charge in [-0.2, -0.15) is 0 Å². The van der Waals surface area contributed by atoms with E-state index in [9.17, 15) is 14.9 Å². The van der Waals surface area contributed by atoms with Gasteiger partial charge in [0, 0.05) is 28.9 Å². The number of nitro groups is 1. The molecule has 1 amide bonds. The average Bonchev–Trinajstić information content (AvgIpc) is 2.55. The van der Waals surface area contributed by atoms with E-state index in [0.717, 1.165) is 0 Å². The van der Waals surface area contributed by atoms with Crippen LogP contribution in [0, 0.1) is 10.1 Å². The van der Waals surface area contributed by atoms with Gasteiger partial charge in [0.05, 0.1) is 4.92 Å². The summed E-state index contributed by atoms with van der Waals surface area (Å²) in [5, 5.41) is 16.7. The van der Waals surface area contributed by atoms with E-state index >= 15 is 0 Å². The molecule has 2 N–H and O–H groups in total. The third-order valence-electron chi connectivity index (χ3n) is 2.85. The predicted molar refractivity (Wildman–Crippen MR) is 97.9 cm³/mol. The number of non-ortho nitro benzene ring substituents is 1. The van der Waals surface area contributed by atoms with Gasteiger partial charge in [0.2, 0.25) is 5.91 Å². The molecule has 0 bridgehead atoms. The first kappa shape index (κ1) is 17.6. The van der Waals surface area contributed by atoms with Gasteiger partial charge >= 0.3 is 0 Å². The number of carbonyl (C=O) groups is 1. The molecular weight excluding hydrogens is 350 g/mol. The molecule has 0 aliphatic carbocycles. The number of nitrogens with zero attached hydrogens (tertiary/aromatic N) is 1. The summed E-state index contributed by atoms with van der Waals surface area (Å²) < 4.78 is 0. The third-order valence-corrected chi connectivity index (χ3v) is 3.30. The Labute approximate surface area is 148 Å². The van der Waals surface area contributed by atoms with E-state index < -0.39 is 10.8 Å². The third kappa shape index (κ3) is 5.45. The number of nitrogens with one attached hydrogen (secondary N) is 2. The number of anilines is 1. The summed E-state index contributed by atoms with van der Waals surface area (Å²) in [6.07, 6.45) is 2.71. The fourth-order valence-corrected chi connectivity index (χ4v) is 2.11. The van der Waals surface area contributed by atoms with Gasteiger partial charge in [-0.15, -0.1) is 0 Å². The van der Waals surface area contributed by atoms with Crippen LogP contribution in [0.15, 0.2) is 54.6 Å². The fourth-order valence-electron chi connectivity index (χ4n) is 1.76. The number of carbonyl (C=O) groups excluding carboxylic acids is 1. The van der Waals surface area contributed by atoms with Crippen LogP contribution in [-0.4, -0.2) is 15.9 Å². The lowest BCUT2D eigenvalue weighted by atomic mass is 10.2. The molecule has 0 radical (unpaired) electrons. The molecule has 2 aromatic rings.